The lowest BCUT2D eigenvalue weighted by Gasteiger charge is -2.14. The molecular formula is C16H12N4O2. The highest BCUT2D eigenvalue weighted by atomic mass is 16.1. The van der Waals surface area contributed by atoms with Crippen molar-refractivity contribution < 1.29 is 9.59 Å². The van der Waals surface area contributed by atoms with Gasteiger partial charge < -0.3 is 10.6 Å². The quantitative estimate of drug-likeness (QED) is 0.838. The summed E-state index contributed by atoms with van der Waals surface area (Å²) in [6.45, 7) is 0. The molecule has 0 unspecified atom stereocenters. The highest BCUT2D eigenvalue weighted by Crippen LogP contribution is 2.16. The van der Waals surface area contributed by atoms with E-state index in [9.17, 15) is 9.59 Å². The van der Waals surface area contributed by atoms with Crippen molar-refractivity contribution in [2.45, 2.75) is 0 Å². The number of nitrogens with one attached hydrogen (secondary N) is 2. The van der Waals surface area contributed by atoms with Crippen LogP contribution in [0.4, 0.5) is 11.6 Å². The Bertz CT molecular complexity index is 700. The first kappa shape index (κ1) is 13.7. The van der Waals surface area contributed by atoms with Crippen LogP contribution >= 0.6 is 0 Å². The Kier molecular flexibility index (Phi) is 3.74. The summed E-state index contributed by atoms with van der Waals surface area (Å²) in [5, 5.41) is 5.67. The zero-order valence-corrected chi connectivity index (χ0v) is 11.5. The summed E-state index contributed by atoms with van der Waals surface area (Å²) in [5.41, 5.74) is 0.380. The molecule has 0 spiro atoms. The van der Waals surface area contributed by atoms with E-state index in [-0.39, 0.29) is 23.0 Å². The zero-order valence-electron chi connectivity index (χ0n) is 11.5. The van der Waals surface area contributed by atoms with Crippen molar-refractivity contribution >= 4 is 23.2 Å². The van der Waals surface area contributed by atoms with Crippen LogP contribution in [0.2, 0.25) is 0 Å². The topological polar surface area (TPSA) is 84.0 Å². The third kappa shape index (κ3) is 3.06. The number of nitrogens with zero attached hydrogens (tertiary/aromatic N) is 2. The summed E-state index contributed by atoms with van der Waals surface area (Å²) in [6, 6.07) is 10.5. The second-order valence-corrected chi connectivity index (χ2v) is 4.52. The SMILES string of the molecule is O=C1C=C(Nc2ccccn2)C(=O)C=C1Nc1ccccn1. The highest BCUT2D eigenvalue weighted by Gasteiger charge is 2.20. The van der Waals surface area contributed by atoms with Crippen LogP contribution in [-0.4, -0.2) is 21.5 Å². The molecule has 0 saturated heterocycles. The third-order valence-electron chi connectivity index (χ3n) is 2.94. The Morgan fingerprint density at radius 2 is 1.14 bits per heavy atom. The van der Waals surface area contributed by atoms with E-state index in [0.29, 0.717) is 11.6 Å². The Labute approximate surface area is 126 Å². The number of carbonyl (C=O) groups is 2. The fraction of sp³-hybridized carbons (Fsp3) is 0. The van der Waals surface area contributed by atoms with Crippen molar-refractivity contribution in [3.8, 4) is 0 Å². The zero-order chi connectivity index (χ0) is 15.4. The highest BCUT2D eigenvalue weighted by molar-refractivity contribution is 6.21. The Hall–Kier alpha value is -3.28. The Morgan fingerprint density at radius 3 is 1.50 bits per heavy atom. The monoisotopic (exact) mass is 292 g/mol. The van der Waals surface area contributed by atoms with E-state index in [4.69, 9.17) is 0 Å². The Balaban J connectivity index is 1.75. The molecule has 2 aromatic rings. The van der Waals surface area contributed by atoms with Gasteiger partial charge in [0.05, 0.1) is 11.4 Å². The molecule has 0 fully saturated rings. The van der Waals surface area contributed by atoms with Crippen LogP contribution in [0.1, 0.15) is 0 Å². The number of pyridine rings is 2. The van der Waals surface area contributed by atoms with Crippen molar-refractivity contribution in [1.29, 1.82) is 0 Å². The molecule has 0 radical (unpaired) electrons. The van der Waals surface area contributed by atoms with Crippen LogP contribution < -0.4 is 10.6 Å². The summed E-state index contributed by atoms with van der Waals surface area (Å²) in [4.78, 5) is 32.3. The summed E-state index contributed by atoms with van der Waals surface area (Å²) in [5.74, 6) is 0.404. The fourth-order valence-electron chi connectivity index (χ4n) is 1.90. The number of carbonyl (C=O) groups excluding carboxylic acids is 2. The van der Waals surface area contributed by atoms with Crippen molar-refractivity contribution in [3.63, 3.8) is 0 Å². The molecule has 2 heterocycles. The lowest BCUT2D eigenvalue weighted by molar-refractivity contribution is -0.115. The van der Waals surface area contributed by atoms with Gasteiger partial charge in [0.25, 0.3) is 0 Å². The van der Waals surface area contributed by atoms with Gasteiger partial charge in [-0.05, 0) is 24.3 Å². The first-order valence-corrected chi connectivity index (χ1v) is 6.60. The van der Waals surface area contributed by atoms with Gasteiger partial charge in [-0.3, -0.25) is 9.59 Å². The van der Waals surface area contributed by atoms with Crippen molar-refractivity contribution in [2.75, 3.05) is 10.6 Å². The predicted octanol–water partition coefficient (Wildman–Crippen LogP) is 1.92. The average Bonchev–Trinajstić information content (AvgIpc) is 2.54. The normalized spacial score (nSPS) is 14.2. The molecule has 3 rings (SSSR count). The number of anilines is 2. The molecule has 0 saturated carbocycles. The molecule has 108 valence electrons. The van der Waals surface area contributed by atoms with E-state index in [2.05, 4.69) is 20.6 Å². The lowest BCUT2D eigenvalue weighted by Crippen LogP contribution is -2.22. The van der Waals surface area contributed by atoms with Crippen LogP contribution in [0.5, 0.6) is 0 Å². The van der Waals surface area contributed by atoms with Gasteiger partial charge in [-0.15, -0.1) is 0 Å². The Morgan fingerprint density at radius 1 is 0.682 bits per heavy atom. The van der Waals surface area contributed by atoms with Gasteiger partial charge >= 0.3 is 0 Å². The van der Waals surface area contributed by atoms with Gasteiger partial charge in [0.2, 0.25) is 11.6 Å². The number of aromatic nitrogens is 2. The van der Waals surface area contributed by atoms with Crippen molar-refractivity contribution in [3.05, 3.63) is 72.3 Å². The predicted molar refractivity (Wildman–Crippen MR) is 81.9 cm³/mol. The molecule has 0 aromatic carbocycles. The molecule has 2 N–H and O–H groups in total. The molecule has 0 atom stereocenters. The number of hydrogen-bond donors (Lipinski definition) is 2. The van der Waals surface area contributed by atoms with Crippen LogP contribution in [-0.2, 0) is 9.59 Å². The average molecular weight is 292 g/mol. The molecule has 6 heteroatoms. The molecular weight excluding hydrogens is 280 g/mol. The fourth-order valence-corrected chi connectivity index (χ4v) is 1.90. The smallest absolute Gasteiger partial charge is 0.204 e. The van der Waals surface area contributed by atoms with E-state index in [0.717, 1.165) is 0 Å². The number of hydrogen-bond acceptors (Lipinski definition) is 6. The first-order chi connectivity index (χ1) is 10.7. The van der Waals surface area contributed by atoms with Crippen molar-refractivity contribution in [1.82, 2.24) is 9.97 Å². The molecule has 0 aliphatic heterocycles. The lowest BCUT2D eigenvalue weighted by atomic mass is 10.1. The maximum absolute atomic E-state index is 12.1. The van der Waals surface area contributed by atoms with Crippen LogP contribution in [0.3, 0.4) is 0 Å². The molecule has 1 aliphatic rings. The van der Waals surface area contributed by atoms with Gasteiger partial charge in [0.15, 0.2) is 0 Å². The summed E-state index contributed by atoms with van der Waals surface area (Å²) >= 11 is 0. The summed E-state index contributed by atoms with van der Waals surface area (Å²) < 4.78 is 0. The van der Waals surface area contributed by atoms with Crippen molar-refractivity contribution in [2.24, 2.45) is 0 Å². The second-order valence-electron chi connectivity index (χ2n) is 4.52. The van der Waals surface area contributed by atoms with E-state index in [1.165, 1.54) is 12.2 Å². The minimum absolute atomic E-state index is 0.190. The molecule has 0 bridgehead atoms. The molecule has 0 amide bonds. The maximum atomic E-state index is 12.1. The van der Waals surface area contributed by atoms with Crippen LogP contribution in [0, 0.1) is 0 Å². The van der Waals surface area contributed by atoms with Crippen LogP contribution in [0.25, 0.3) is 0 Å². The van der Waals surface area contributed by atoms with Gasteiger partial charge in [-0.25, -0.2) is 9.97 Å². The molecule has 1 aliphatic carbocycles. The van der Waals surface area contributed by atoms with Gasteiger partial charge in [-0.2, -0.15) is 0 Å². The third-order valence-corrected chi connectivity index (χ3v) is 2.94. The standard InChI is InChI=1S/C16H12N4O2/c21-13-10-12(20-16-6-2-4-8-18-16)14(22)9-11(13)19-15-5-1-3-7-17-15/h1-10H,(H,17,19)(H,18,20). The van der Waals surface area contributed by atoms with Crippen LogP contribution in [0.15, 0.2) is 72.3 Å². The number of ketones is 2. The van der Waals surface area contributed by atoms with Gasteiger partial charge in [-0.1, -0.05) is 12.1 Å². The number of allylic oxidation sites excluding steroid dienone is 2. The second kappa shape index (κ2) is 6.01. The van der Waals surface area contributed by atoms with E-state index in [1.54, 1.807) is 48.8 Å². The molecule has 6 nitrogen and oxygen atoms in total. The number of rotatable bonds is 4. The van der Waals surface area contributed by atoms with E-state index >= 15 is 0 Å². The van der Waals surface area contributed by atoms with E-state index < -0.39 is 0 Å². The minimum atomic E-state index is -0.302. The largest absolute Gasteiger partial charge is 0.337 e. The summed E-state index contributed by atoms with van der Waals surface area (Å²) in [7, 11) is 0. The van der Waals surface area contributed by atoms with Gasteiger partial charge in [0, 0.05) is 24.5 Å². The first-order valence-electron chi connectivity index (χ1n) is 6.60. The molecule has 22 heavy (non-hydrogen) atoms. The van der Waals surface area contributed by atoms with E-state index in [1.807, 2.05) is 0 Å². The van der Waals surface area contributed by atoms with Gasteiger partial charge in [0.1, 0.15) is 11.6 Å². The minimum Gasteiger partial charge on any atom is -0.337 e. The molecule has 2 aromatic heterocycles. The summed E-state index contributed by atoms with van der Waals surface area (Å²) in [6.07, 6.45) is 5.70. The maximum Gasteiger partial charge on any atom is 0.204 e.